The summed E-state index contributed by atoms with van der Waals surface area (Å²) in [6.45, 7) is 4.18. The van der Waals surface area contributed by atoms with Crippen molar-refractivity contribution in [2.45, 2.75) is 45.1 Å². The molecule has 39 heavy (non-hydrogen) atoms. The van der Waals surface area contributed by atoms with E-state index < -0.39 is 47.7 Å². The lowest BCUT2D eigenvalue weighted by atomic mass is 10.1. The van der Waals surface area contributed by atoms with Gasteiger partial charge in [0.25, 0.3) is 5.91 Å². The largest absolute Gasteiger partial charge is 0.390 e. The number of benzene rings is 2. The second-order valence-electron chi connectivity index (χ2n) is 9.45. The second kappa shape index (κ2) is 12.9. The summed E-state index contributed by atoms with van der Waals surface area (Å²) in [5.74, 6) is -3.90. The maximum absolute atomic E-state index is 14.9. The molecule has 2 aromatic carbocycles. The number of nitrogens with one attached hydrogen (secondary N) is 3. The van der Waals surface area contributed by atoms with Gasteiger partial charge in [0, 0.05) is 49.4 Å². The Labute approximate surface area is 228 Å². The topological polar surface area (TPSA) is 76.7 Å². The number of nitrogens with zero attached hydrogens (tertiary/aromatic N) is 2. The lowest BCUT2D eigenvalue weighted by Gasteiger charge is -2.42. The van der Waals surface area contributed by atoms with E-state index in [-0.39, 0.29) is 30.4 Å². The lowest BCUT2D eigenvalue weighted by molar-refractivity contribution is -0.138. The van der Waals surface area contributed by atoms with Crippen LogP contribution in [0.3, 0.4) is 0 Å². The van der Waals surface area contributed by atoms with Gasteiger partial charge < -0.3 is 20.9 Å². The predicted octanol–water partition coefficient (Wildman–Crippen LogP) is 4.56. The van der Waals surface area contributed by atoms with Crippen LogP contribution in [-0.2, 0) is 11.3 Å². The zero-order valence-corrected chi connectivity index (χ0v) is 22.5. The van der Waals surface area contributed by atoms with E-state index in [4.69, 9.17) is 11.6 Å². The summed E-state index contributed by atoms with van der Waals surface area (Å²) in [4.78, 5) is 28.5. The van der Waals surface area contributed by atoms with Gasteiger partial charge >= 0.3 is 6.18 Å². The molecular formula is C26H31ClF5N5O2. The van der Waals surface area contributed by atoms with E-state index in [1.807, 2.05) is 11.8 Å². The number of likely N-dealkylation sites (N-methyl/N-ethyl adjacent to an activating group) is 1. The van der Waals surface area contributed by atoms with E-state index in [1.165, 1.54) is 18.2 Å². The van der Waals surface area contributed by atoms with Crippen LogP contribution in [0.15, 0.2) is 30.3 Å². The van der Waals surface area contributed by atoms with Crippen LogP contribution in [-0.4, -0.2) is 68.2 Å². The molecule has 1 fully saturated rings. The Balaban J connectivity index is 1.74. The molecule has 0 aromatic heterocycles. The summed E-state index contributed by atoms with van der Waals surface area (Å²) in [6.07, 6.45) is -5.14. The third-order valence-corrected chi connectivity index (χ3v) is 6.86. The minimum atomic E-state index is -4.24. The van der Waals surface area contributed by atoms with Crippen LogP contribution in [0.1, 0.15) is 36.2 Å². The smallest absolute Gasteiger partial charge is 0.365 e. The fourth-order valence-corrected chi connectivity index (χ4v) is 4.45. The monoisotopic (exact) mass is 575 g/mol. The van der Waals surface area contributed by atoms with E-state index in [2.05, 4.69) is 16.0 Å². The number of rotatable bonds is 9. The van der Waals surface area contributed by atoms with Crippen molar-refractivity contribution in [1.29, 1.82) is 0 Å². The first-order valence-electron chi connectivity index (χ1n) is 12.4. The maximum atomic E-state index is 14.9. The number of carbonyl (C=O) groups excluding carboxylic acids is 2. The minimum absolute atomic E-state index is 0.111. The van der Waals surface area contributed by atoms with Gasteiger partial charge in [-0.1, -0.05) is 17.7 Å². The highest BCUT2D eigenvalue weighted by Crippen LogP contribution is 2.33. The molecule has 0 spiro atoms. The highest BCUT2D eigenvalue weighted by atomic mass is 35.5. The van der Waals surface area contributed by atoms with Crippen molar-refractivity contribution in [3.05, 3.63) is 58.1 Å². The van der Waals surface area contributed by atoms with Crippen LogP contribution in [0.2, 0.25) is 5.02 Å². The highest BCUT2D eigenvalue weighted by molar-refractivity contribution is 6.31. The molecule has 1 heterocycles. The van der Waals surface area contributed by atoms with Gasteiger partial charge in [0.1, 0.15) is 0 Å². The van der Waals surface area contributed by atoms with Crippen molar-refractivity contribution >= 4 is 34.8 Å². The summed E-state index contributed by atoms with van der Waals surface area (Å²) in [6, 6.07) is 6.28. The van der Waals surface area contributed by atoms with Crippen molar-refractivity contribution in [2.24, 2.45) is 0 Å². The molecule has 2 aromatic rings. The number of carbonyl (C=O) groups is 2. The molecule has 0 radical (unpaired) electrons. The molecule has 3 rings (SSSR count). The number of halogens is 6. The van der Waals surface area contributed by atoms with Gasteiger partial charge in [-0.25, -0.2) is 8.78 Å². The molecule has 214 valence electrons. The Hall–Kier alpha value is -2.96. The van der Waals surface area contributed by atoms with E-state index in [0.717, 1.165) is 6.07 Å². The molecule has 2 amide bonds. The van der Waals surface area contributed by atoms with E-state index in [9.17, 15) is 31.5 Å². The van der Waals surface area contributed by atoms with Gasteiger partial charge in [-0.3, -0.25) is 14.5 Å². The van der Waals surface area contributed by atoms with Crippen molar-refractivity contribution in [2.75, 3.05) is 43.4 Å². The number of amides is 2. The van der Waals surface area contributed by atoms with Crippen molar-refractivity contribution in [1.82, 2.24) is 15.5 Å². The standard InChI is InChI=1S/C26H31ClF5N5O2/c1-15-14-36(9-8-26(30,31)32)10-11-37(15)21-12-18(27)5-7-20(21)35-25(39)19-6-4-17(22(28)23(19)29)13-34-24(38)16(2)33-3/h4-7,12,15-16,33H,8-11,13-14H2,1-3H3,(H,34,38)(H,35,39)/t15-,16?/m1/s1. The number of alkyl halides is 3. The van der Waals surface area contributed by atoms with Gasteiger partial charge in [0.05, 0.1) is 29.4 Å². The Morgan fingerprint density at radius 1 is 1.13 bits per heavy atom. The van der Waals surface area contributed by atoms with E-state index in [1.54, 1.807) is 24.9 Å². The maximum Gasteiger partial charge on any atom is 0.390 e. The SMILES string of the molecule is CNC(C)C(=O)NCc1ccc(C(=O)Nc2ccc(Cl)cc2N2CCN(CCC(F)(F)F)C[C@H]2C)c(F)c1F. The molecular weight excluding hydrogens is 545 g/mol. The van der Waals surface area contributed by atoms with Crippen molar-refractivity contribution in [3.8, 4) is 0 Å². The van der Waals surface area contributed by atoms with Crippen LogP contribution < -0.4 is 20.9 Å². The summed E-state index contributed by atoms with van der Waals surface area (Å²) < 4.78 is 67.5. The zero-order valence-electron chi connectivity index (χ0n) is 21.8. The number of anilines is 2. The Kier molecular flexibility index (Phi) is 10.1. The number of piperazine rings is 1. The molecule has 1 aliphatic rings. The van der Waals surface area contributed by atoms with E-state index in [0.29, 0.717) is 30.3 Å². The summed E-state index contributed by atoms with van der Waals surface area (Å²) in [5.41, 5.74) is 0.150. The molecule has 7 nitrogen and oxygen atoms in total. The van der Waals surface area contributed by atoms with Crippen LogP contribution in [0.25, 0.3) is 0 Å². The average molecular weight is 576 g/mol. The van der Waals surface area contributed by atoms with Crippen LogP contribution >= 0.6 is 11.6 Å². The average Bonchev–Trinajstić information content (AvgIpc) is 2.88. The molecule has 13 heteroatoms. The first-order valence-corrected chi connectivity index (χ1v) is 12.8. The van der Waals surface area contributed by atoms with Gasteiger partial charge in [0.2, 0.25) is 5.91 Å². The van der Waals surface area contributed by atoms with Crippen LogP contribution in [0.4, 0.5) is 33.3 Å². The summed E-state index contributed by atoms with van der Waals surface area (Å²) in [7, 11) is 1.59. The molecule has 0 bridgehead atoms. The van der Waals surface area contributed by atoms with Crippen molar-refractivity contribution in [3.63, 3.8) is 0 Å². The van der Waals surface area contributed by atoms with Gasteiger partial charge in [-0.05, 0) is 45.2 Å². The first-order chi connectivity index (χ1) is 18.3. The summed E-state index contributed by atoms with van der Waals surface area (Å²) >= 11 is 6.19. The van der Waals surface area contributed by atoms with Gasteiger partial charge in [-0.15, -0.1) is 0 Å². The molecule has 2 atom stereocenters. The normalized spacial score (nSPS) is 17.2. The minimum Gasteiger partial charge on any atom is -0.365 e. The fourth-order valence-electron chi connectivity index (χ4n) is 4.28. The van der Waals surface area contributed by atoms with Gasteiger partial charge in [-0.2, -0.15) is 13.2 Å². The molecule has 3 N–H and O–H groups in total. The molecule has 0 saturated carbocycles. The Morgan fingerprint density at radius 3 is 2.49 bits per heavy atom. The molecule has 0 aliphatic carbocycles. The Morgan fingerprint density at radius 2 is 1.85 bits per heavy atom. The lowest BCUT2D eigenvalue weighted by Crippen LogP contribution is -2.52. The van der Waals surface area contributed by atoms with Crippen LogP contribution in [0, 0.1) is 11.6 Å². The third kappa shape index (κ3) is 8.02. The first kappa shape index (κ1) is 30.6. The molecule has 1 unspecified atom stereocenters. The van der Waals surface area contributed by atoms with Crippen molar-refractivity contribution < 1.29 is 31.5 Å². The second-order valence-corrected chi connectivity index (χ2v) is 9.89. The quantitative estimate of drug-likeness (QED) is 0.382. The van der Waals surface area contributed by atoms with Crippen LogP contribution in [0.5, 0.6) is 0 Å². The zero-order chi connectivity index (χ0) is 28.9. The van der Waals surface area contributed by atoms with Gasteiger partial charge in [0.15, 0.2) is 11.6 Å². The highest BCUT2D eigenvalue weighted by Gasteiger charge is 2.31. The Bertz CT molecular complexity index is 1200. The number of hydrogen-bond donors (Lipinski definition) is 3. The third-order valence-electron chi connectivity index (χ3n) is 6.63. The number of hydrogen-bond acceptors (Lipinski definition) is 5. The predicted molar refractivity (Wildman–Crippen MR) is 140 cm³/mol. The molecule has 1 aliphatic heterocycles. The summed E-state index contributed by atoms with van der Waals surface area (Å²) in [5, 5.41) is 8.19. The molecule has 1 saturated heterocycles. The fraction of sp³-hybridized carbons (Fsp3) is 0.462. The van der Waals surface area contributed by atoms with E-state index >= 15 is 0 Å².